The van der Waals surface area contributed by atoms with Crippen LogP contribution in [-0.2, 0) is 4.74 Å². The Labute approximate surface area is 95.9 Å². The van der Waals surface area contributed by atoms with Crippen LogP contribution in [0.1, 0.15) is 18.7 Å². The highest BCUT2D eigenvalue weighted by Gasteiger charge is 2.06. The molecule has 1 heterocycles. The van der Waals surface area contributed by atoms with Gasteiger partial charge >= 0.3 is 0 Å². The van der Waals surface area contributed by atoms with E-state index in [2.05, 4.69) is 17.1 Å². The van der Waals surface area contributed by atoms with Crippen molar-refractivity contribution >= 4 is 0 Å². The summed E-state index contributed by atoms with van der Waals surface area (Å²) in [5, 5.41) is 0. The first-order chi connectivity index (χ1) is 7.81. The minimum absolute atomic E-state index is 0.0312. The normalized spacial score (nSPS) is 12.4. The second-order valence-electron chi connectivity index (χ2n) is 3.69. The van der Waals surface area contributed by atoms with Crippen LogP contribution in [0.15, 0.2) is 48.5 Å². The van der Waals surface area contributed by atoms with E-state index in [1.807, 2.05) is 43.3 Å². The standard InChI is InChI=1S/C14H15NO/c1-11(16-2)13-9-6-10-14(15-13)12-7-4-3-5-8-12/h3-11H,1-2H3. The van der Waals surface area contributed by atoms with E-state index in [-0.39, 0.29) is 6.10 Å². The second-order valence-corrected chi connectivity index (χ2v) is 3.69. The maximum Gasteiger partial charge on any atom is 0.0963 e. The van der Waals surface area contributed by atoms with E-state index in [1.165, 1.54) is 0 Å². The summed E-state index contributed by atoms with van der Waals surface area (Å²) in [6, 6.07) is 16.2. The maximum atomic E-state index is 5.26. The van der Waals surface area contributed by atoms with Gasteiger partial charge in [-0.3, -0.25) is 4.98 Å². The Balaban J connectivity index is 2.36. The molecule has 16 heavy (non-hydrogen) atoms. The van der Waals surface area contributed by atoms with Crippen LogP contribution in [0.2, 0.25) is 0 Å². The van der Waals surface area contributed by atoms with Gasteiger partial charge in [0.2, 0.25) is 0 Å². The molecule has 0 amide bonds. The van der Waals surface area contributed by atoms with Gasteiger partial charge in [-0.1, -0.05) is 36.4 Å². The third-order valence-electron chi connectivity index (χ3n) is 2.61. The molecule has 0 spiro atoms. The molecule has 0 aliphatic heterocycles. The Morgan fingerprint density at radius 1 is 1.00 bits per heavy atom. The predicted octanol–water partition coefficient (Wildman–Crippen LogP) is 3.46. The summed E-state index contributed by atoms with van der Waals surface area (Å²) in [6.07, 6.45) is 0.0312. The molecular weight excluding hydrogens is 198 g/mol. The van der Waals surface area contributed by atoms with Gasteiger partial charge in [0.1, 0.15) is 0 Å². The smallest absolute Gasteiger partial charge is 0.0963 e. The highest BCUT2D eigenvalue weighted by Crippen LogP contribution is 2.20. The third-order valence-corrected chi connectivity index (χ3v) is 2.61. The molecule has 0 saturated heterocycles. The van der Waals surface area contributed by atoms with Gasteiger partial charge in [0.15, 0.2) is 0 Å². The van der Waals surface area contributed by atoms with E-state index in [0.29, 0.717) is 0 Å². The lowest BCUT2D eigenvalue weighted by atomic mass is 10.1. The zero-order valence-corrected chi connectivity index (χ0v) is 9.55. The Bertz CT molecular complexity index is 453. The van der Waals surface area contributed by atoms with Gasteiger partial charge in [-0.15, -0.1) is 0 Å². The van der Waals surface area contributed by atoms with Crippen molar-refractivity contribution in [2.45, 2.75) is 13.0 Å². The van der Waals surface area contributed by atoms with E-state index in [0.717, 1.165) is 17.0 Å². The van der Waals surface area contributed by atoms with Gasteiger partial charge in [0, 0.05) is 12.7 Å². The number of hydrogen-bond donors (Lipinski definition) is 0. The number of methoxy groups -OCH3 is 1. The fourth-order valence-electron chi connectivity index (χ4n) is 1.57. The zero-order valence-electron chi connectivity index (χ0n) is 9.55. The van der Waals surface area contributed by atoms with Crippen LogP contribution in [0.25, 0.3) is 11.3 Å². The summed E-state index contributed by atoms with van der Waals surface area (Å²) in [4.78, 5) is 4.59. The molecule has 2 nitrogen and oxygen atoms in total. The lowest BCUT2D eigenvalue weighted by molar-refractivity contribution is 0.116. The molecule has 2 rings (SSSR count). The SMILES string of the molecule is COC(C)c1cccc(-c2ccccc2)n1. The number of hydrogen-bond acceptors (Lipinski definition) is 2. The number of pyridine rings is 1. The number of aromatic nitrogens is 1. The van der Waals surface area contributed by atoms with Crippen molar-refractivity contribution in [3.8, 4) is 11.3 Å². The molecule has 0 aliphatic rings. The van der Waals surface area contributed by atoms with Crippen LogP contribution in [-0.4, -0.2) is 12.1 Å². The van der Waals surface area contributed by atoms with Gasteiger partial charge in [-0.2, -0.15) is 0 Å². The summed E-state index contributed by atoms with van der Waals surface area (Å²) in [6.45, 7) is 2.00. The molecule has 2 aromatic rings. The lowest BCUT2D eigenvalue weighted by Crippen LogP contribution is -1.99. The molecule has 0 N–H and O–H groups in total. The van der Waals surface area contributed by atoms with Crippen LogP contribution in [0, 0.1) is 0 Å². The van der Waals surface area contributed by atoms with Crippen LogP contribution >= 0.6 is 0 Å². The highest BCUT2D eigenvalue weighted by atomic mass is 16.5. The summed E-state index contributed by atoms with van der Waals surface area (Å²) in [7, 11) is 1.70. The largest absolute Gasteiger partial charge is 0.375 e. The topological polar surface area (TPSA) is 22.1 Å². The van der Waals surface area contributed by atoms with Crippen molar-refractivity contribution in [2.24, 2.45) is 0 Å². The Hall–Kier alpha value is -1.67. The lowest BCUT2D eigenvalue weighted by Gasteiger charge is -2.10. The van der Waals surface area contributed by atoms with Crippen molar-refractivity contribution in [2.75, 3.05) is 7.11 Å². The highest BCUT2D eigenvalue weighted by molar-refractivity contribution is 5.58. The van der Waals surface area contributed by atoms with Crippen LogP contribution in [0.3, 0.4) is 0 Å². The van der Waals surface area contributed by atoms with E-state index in [4.69, 9.17) is 4.74 Å². The van der Waals surface area contributed by atoms with Crippen LogP contribution < -0.4 is 0 Å². The fourth-order valence-corrected chi connectivity index (χ4v) is 1.57. The second kappa shape index (κ2) is 4.90. The van der Waals surface area contributed by atoms with Gasteiger partial charge in [0.25, 0.3) is 0 Å². The zero-order chi connectivity index (χ0) is 11.4. The first-order valence-electron chi connectivity index (χ1n) is 5.36. The molecule has 1 aromatic carbocycles. The van der Waals surface area contributed by atoms with Crippen LogP contribution in [0.5, 0.6) is 0 Å². The molecule has 0 aliphatic carbocycles. The van der Waals surface area contributed by atoms with E-state index < -0.39 is 0 Å². The van der Waals surface area contributed by atoms with Crippen molar-refractivity contribution in [3.05, 3.63) is 54.2 Å². The average Bonchev–Trinajstić information content (AvgIpc) is 2.39. The van der Waals surface area contributed by atoms with Crippen molar-refractivity contribution in [3.63, 3.8) is 0 Å². The summed E-state index contributed by atoms with van der Waals surface area (Å²) < 4.78 is 5.26. The van der Waals surface area contributed by atoms with Gasteiger partial charge in [-0.25, -0.2) is 0 Å². The molecule has 0 saturated carbocycles. The van der Waals surface area contributed by atoms with E-state index in [9.17, 15) is 0 Å². The fraction of sp³-hybridized carbons (Fsp3) is 0.214. The molecular formula is C14H15NO. The average molecular weight is 213 g/mol. The van der Waals surface area contributed by atoms with Crippen LogP contribution in [0.4, 0.5) is 0 Å². The Kier molecular flexibility index (Phi) is 3.32. The molecule has 0 radical (unpaired) electrons. The van der Waals surface area contributed by atoms with Gasteiger partial charge < -0.3 is 4.74 Å². The molecule has 0 bridgehead atoms. The van der Waals surface area contributed by atoms with Crippen molar-refractivity contribution in [1.82, 2.24) is 4.98 Å². The molecule has 2 heteroatoms. The van der Waals surface area contributed by atoms with Crippen molar-refractivity contribution < 1.29 is 4.74 Å². The summed E-state index contributed by atoms with van der Waals surface area (Å²) >= 11 is 0. The minimum Gasteiger partial charge on any atom is -0.375 e. The number of nitrogens with zero attached hydrogens (tertiary/aromatic N) is 1. The number of rotatable bonds is 3. The Morgan fingerprint density at radius 3 is 2.44 bits per heavy atom. The summed E-state index contributed by atoms with van der Waals surface area (Å²) in [5.41, 5.74) is 3.08. The predicted molar refractivity (Wildman–Crippen MR) is 65.1 cm³/mol. The first kappa shape index (κ1) is 10.8. The molecule has 82 valence electrons. The van der Waals surface area contributed by atoms with Crippen molar-refractivity contribution in [1.29, 1.82) is 0 Å². The molecule has 0 fully saturated rings. The number of ether oxygens (including phenoxy) is 1. The summed E-state index contributed by atoms with van der Waals surface area (Å²) in [5.74, 6) is 0. The molecule has 1 atom stereocenters. The minimum atomic E-state index is 0.0312. The van der Waals surface area contributed by atoms with E-state index >= 15 is 0 Å². The van der Waals surface area contributed by atoms with E-state index in [1.54, 1.807) is 7.11 Å². The monoisotopic (exact) mass is 213 g/mol. The number of benzene rings is 1. The first-order valence-corrected chi connectivity index (χ1v) is 5.36. The maximum absolute atomic E-state index is 5.26. The van der Waals surface area contributed by atoms with Gasteiger partial charge in [0.05, 0.1) is 17.5 Å². The Morgan fingerprint density at radius 2 is 1.75 bits per heavy atom. The quantitative estimate of drug-likeness (QED) is 0.779. The molecule has 1 aromatic heterocycles. The van der Waals surface area contributed by atoms with Gasteiger partial charge in [-0.05, 0) is 19.1 Å². The third kappa shape index (κ3) is 2.28. The molecule has 1 unspecified atom stereocenters.